The molecule has 0 aliphatic heterocycles. The fourth-order valence-electron chi connectivity index (χ4n) is 0.450. The summed E-state index contributed by atoms with van der Waals surface area (Å²) in [5.41, 5.74) is 0. The highest BCUT2D eigenvalue weighted by molar-refractivity contribution is 6.26. The number of rotatable bonds is 5. The van der Waals surface area contributed by atoms with E-state index in [1.165, 1.54) is 0 Å². The number of hydrogen-bond acceptors (Lipinski definition) is 3. The number of carbonyl (C=O) groups is 2. The van der Waals surface area contributed by atoms with Crippen molar-refractivity contribution in [1.82, 2.24) is 5.32 Å². The molecule has 0 aromatic heterocycles. The number of nitrogens with one attached hydrogen (secondary N) is 1. The van der Waals surface area contributed by atoms with Crippen LogP contribution in [0, 0.1) is 0 Å². The highest BCUT2D eigenvalue weighted by atomic mass is 35.5. The Labute approximate surface area is 75.5 Å². The van der Waals surface area contributed by atoms with Gasteiger partial charge in [0.25, 0.3) is 0 Å². The van der Waals surface area contributed by atoms with E-state index < -0.39 is 5.97 Å². The van der Waals surface area contributed by atoms with Crippen LogP contribution < -0.4 is 5.32 Å². The Kier molecular flexibility index (Phi) is 6.09. The third-order valence-electron chi connectivity index (χ3n) is 0.959. The van der Waals surface area contributed by atoms with E-state index in [0.29, 0.717) is 0 Å². The van der Waals surface area contributed by atoms with Crippen LogP contribution in [0.2, 0.25) is 0 Å². The van der Waals surface area contributed by atoms with Gasteiger partial charge in [0.1, 0.15) is 12.5 Å². The van der Waals surface area contributed by atoms with Gasteiger partial charge in [0, 0.05) is 0 Å². The predicted molar refractivity (Wildman–Crippen MR) is 44.9 cm³/mol. The zero-order valence-electron chi connectivity index (χ0n) is 6.51. The van der Waals surface area contributed by atoms with Gasteiger partial charge in [-0.05, 0) is 6.08 Å². The summed E-state index contributed by atoms with van der Waals surface area (Å²) in [5.74, 6) is -0.962. The Morgan fingerprint density at radius 2 is 2.25 bits per heavy atom. The number of hydrogen-bond donors (Lipinski definition) is 1. The van der Waals surface area contributed by atoms with E-state index in [1.54, 1.807) is 0 Å². The first-order chi connectivity index (χ1) is 5.70. The van der Waals surface area contributed by atoms with Crippen molar-refractivity contribution in [2.45, 2.75) is 0 Å². The smallest absolute Gasteiger partial charge is 0.320 e. The van der Waals surface area contributed by atoms with E-state index in [-0.39, 0.29) is 24.9 Å². The molecule has 1 N–H and O–H groups in total. The van der Waals surface area contributed by atoms with E-state index in [0.717, 1.165) is 6.08 Å². The Balaban J connectivity index is 3.27. The van der Waals surface area contributed by atoms with Crippen molar-refractivity contribution in [3.8, 4) is 0 Å². The SMILES string of the molecule is C=CC(=O)NCCOC(=O)CCl. The monoisotopic (exact) mass is 191 g/mol. The summed E-state index contributed by atoms with van der Waals surface area (Å²) in [5, 5.41) is 2.43. The molecular weight excluding hydrogens is 182 g/mol. The molecule has 0 saturated carbocycles. The van der Waals surface area contributed by atoms with Gasteiger partial charge in [-0.3, -0.25) is 9.59 Å². The lowest BCUT2D eigenvalue weighted by molar-refractivity contribution is -0.140. The van der Waals surface area contributed by atoms with Crippen molar-refractivity contribution in [2.75, 3.05) is 19.0 Å². The average molecular weight is 192 g/mol. The van der Waals surface area contributed by atoms with Gasteiger partial charge in [0.15, 0.2) is 0 Å². The zero-order chi connectivity index (χ0) is 9.40. The number of amides is 1. The lowest BCUT2D eigenvalue weighted by Crippen LogP contribution is -2.26. The second-order valence-corrected chi connectivity index (χ2v) is 2.12. The van der Waals surface area contributed by atoms with Crippen molar-refractivity contribution in [3.63, 3.8) is 0 Å². The maximum absolute atomic E-state index is 10.5. The Morgan fingerprint density at radius 3 is 2.75 bits per heavy atom. The first-order valence-corrected chi connectivity index (χ1v) is 3.86. The number of alkyl halides is 1. The van der Waals surface area contributed by atoms with E-state index >= 15 is 0 Å². The summed E-state index contributed by atoms with van der Waals surface area (Å²) < 4.78 is 4.57. The Hall–Kier alpha value is -1.03. The number of esters is 1. The number of ether oxygens (including phenoxy) is 1. The van der Waals surface area contributed by atoms with Gasteiger partial charge in [0.05, 0.1) is 6.54 Å². The molecule has 68 valence electrons. The van der Waals surface area contributed by atoms with Crippen LogP contribution in [-0.2, 0) is 14.3 Å². The molecule has 0 unspecified atom stereocenters. The van der Waals surface area contributed by atoms with Crippen molar-refractivity contribution in [2.24, 2.45) is 0 Å². The minimum atomic E-state index is -0.496. The topological polar surface area (TPSA) is 55.4 Å². The maximum atomic E-state index is 10.5. The number of halogens is 1. The quantitative estimate of drug-likeness (QED) is 0.290. The van der Waals surface area contributed by atoms with E-state index in [4.69, 9.17) is 11.6 Å². The largest absolute Gasteiger partial charge is 0.463 e. The van der Waals surface area contributed by atoms with Gasteiger partial charge in [-0.15, -0.1) is 11.6 Å². The summed E-state index contributed by atoms with van der Waals surface area (Å²) in [6.07, 6.45) is 1.14. The molecule has 0 heterocycles. The van der Waals surface area contributed by atoms with Gasteiger partial charge in [-0.25, -0.2) is 0 Å². The summed E-state index contributed by atoms with van der Waals surface area (Å²) >= 11 is 5.14. The van der Waals surface area contributed by atoms with Crippen LogP contribution in [-0.4, -0.2) is 30.9 Å². The second-order valence-electron chi connectivity index (χ2n) is 1.85. The molecule has 12 heavy (non-hydrogen) atoms. The first-order valence-electron chi connectivity index (χ1n) is 3.32. The molecule has 0 aliphatic rings. The van der Waals surface area contributed by atoms with E-state index in [1.807, 2.05) is 0 Å². The van der Waals surface area contributed by atoms with Crippen LogP contribution in [0.3, 0.4) is 0 Å². The third kappa shape index (κ3) is 5.73. The molecule has 0 aromatic rings. The van der Waals surface area contributed by atoms with Gasteiger partial charge >= 0.3 is 5.97 Å². The summed E-state index contributed by atoms with van der Waals surface area (Å²) in [4.78, 5) is 21.0. The van der Waals surface area contributed by atoms with Crippen LogP contribution in [0.4, 0.5) is 0 Å². The predicted octanol–water partition coefficient (Wildman–Crippen LogP) is 0.0706. The fourth-order valence-corrected chi connectivity index (χ4v) is 0.527. The summed E-state index contributed by atoms with van der Waals surface area (Å²) in [7, 11) is 0. The Morgan fingerprint density at radius 1 is 1.58 bits per heavy atom. The summed E-state index contributed by atoms with van der Waals surface area (Å²) in [6, 6.07) is 0. The lowest BCUT2D eigenvalue weighted by Gasteiger charge is -2.02. The first kappa shape index (κ1) is 11.0. The third-order valence-corrected chi connectivity index (χ3v) is 1.18. The van der Waals surface area contributed by atoms with Crippen LogP contribution in [0.15, 0.2) is 12.7 Å². The van der Waals surface area contributed by atoms with Crippen LogP contribution >= 0.6 is 11.6 Å². The van der Waals surface area contributed by atoms with Crippen molar-refractivity contribution >= 4 is 23.5 Å². The van der Waals surface area contributed by atoms with Crippen LogP contribution in [0.1, 0.15) is 0 Å². The molecule has 5 heteroatoms. The van der Waals surface area contributed by atoms with Crippen LogP contribution in [0.5, 0.6) is 0 Å². The molecular formula is C7H10ClNO3. The second kappa shape index (κ2) is 6.67. The highest BCUT2D eigenvalue weighted by Crippen LogP contribution is 1.81. The highest BCUT2D eigenvalue weighted by Gasteiger charge is 1.98. The van der Waals surface area contributed by atoms with E-state index in [2.05, 4.69) is 16.6 Å². The van der Waals surface area contributed by atoms with Crippen LogP contribution in [0.25, 0.3) is 0 Å². The molecule has 4 nitrogen and oxygen atoms in total. The van der Waals surface area contributed by atoms with E-state index in [9.17, 15) is 9.59 Å². The number of carbonyl (C=O) groups excluding carboxylic acids is 2. The minimum Gasteiger partial charge on any atom is -0.463 e. The minimum absolute atomic E-state index is 0.130. The molecule has 0 saturated heterocycles. The normalized spacial score (nSPS) is 8.75. The fraction of sp³-hybridized carbons (Fsp3) is 0.429. The average Bonchev–Trinajstić information content (AvgIpc) is 2.11. The molecule has 0 bridgehead atoms. The molecule has 0 rings (SSSR count). The zero-order valence-corrected chi connectivity index (χ0v) is 7.26. The molecule has 0 radical (unpaired) electrons. The molecule has 0 aliphatic carbocycles. The maximum Gasteiger partial charge on any atom is 0.320 e. The molecule has 0 spiro atoms. The van der Waals surface area contributed by atoms with Gasteiger partial charge < -0.3 is 10.1 Å². The summed E-state index contributed by atoms with van der Waals surface area (Å²) in [6.45, 7) is 3.65. The molecule has 0 atom stereocenters. The lowest BCUT2D eigenvalue weighted by atomic mass is 10.5. The van der Waals surface area contributed by atoms with Gasteiger partial charge in [-0.1, -0.05) is 6.58 Å². The van der Waals surface area contributed by atoms with Crippen molar-refractivity contribution in [1.29, 1.82) is 0 Å². The Bertz CT molecular complexity index is 181. The van der Waals surface area contributed by atoms with Crippen molar-refractivity contribution in [3.05, 3.63) is 12.7 Å². The van der Waals surface area contributed by atoms with Gasteiger partial charge in [-0.2, -0.15) is 0 Å². The van der Waals surface area contributed by atoms with Crippen molar-refractivity contribution < 1.29 is 14.3 Å². The van der Waals surface area contributed by atoms with Gasteiger partial charge in [0.2, 0.25) is 5.91 Å². The molecule has 0 aromatic carbocycles. The standard InChI is InChI=1S/C7H10ClNO3/c1-2-6(10)9-3-4-12-7(11)5-8/h2H,1,3-5H2,(H,9,10). The molecule has 1 amide bonds. The molecule has 0 fully saturated rings.